The smallest absolute Gasteiger partial charge is 0.234 e. The summed E-state index contributed by atoms with van der Waals surface area (Å²) in [6.45, 7) is 4.35. The monoisotopic (exact) mass is 458 g/mol. The molecule has 3 aromatic rings. The van der Waals surface area contributed by atoms with Gasteiger partial charge in [-0.05, 0) is 42.5 Å². The molecule has 1 heterocycles. The van der Waals surface area contributed by atoms with Gasteiger partial charge >= 0.3 is 0 Å². The maximum absolute atomic E-state index is 12.3. The molecule has 0 aliphatic rings. The Bertz CT molecular complexity index is 973. The Morgan fingerprint density at radius 3 is 2.75 bits per heavy atom. The van der Waals surface area contributed by atoms with Crippen LogP contribution in [0, 0.1) is 0 Å². The molecular weight excluding hydrogens is 440 g/mol. The number of anilines is 1. The first-order valence-corrected chi connectivity index (χ1v) is 10.3. The van der Waals surface area contributed by atoms with E-state index in [4.69, 9.17) is 4.74 Å². The minimum absolute atomic E-state index is 0.109. The van der Waals surface area contributed by atoms with Crippen molar-refractivity contribution in [2.75, 3.05) is 18.2 Å². The van der Waals surface area contributed by atoms with Crippen LogP contribution in [0.2, 0.25) is 0 Å². The van der Waals surface area contributed by atoms with Gasteiger partial charge in [0.25, 0.3) is 0 Å². The molecule has 0 spiro atoms. The molecule has 0 saturated carbocycles. The van der Waals surface area contributed by atoms with Crippen molar-refractivity contribution >= 4 is 39.3 Å². The summed E-state index contributed by atoms with van der Waals surface area (Å²) in [7, 11) is 1.63. The molecular formula is C20H19BrN4O2S. The number of nitrogens with zero attached hydrogens (tertiary/aromatic N) is 3. The molecule has 0 unspecified atom stereocenters. The van der Waals surface area contributed by atoms with Crippen molar-refractivity contribution in [3.63, 3.8) is 0 Å². The van der Waals surface area contributed by atoms with E-state index in [0.29, 0.717) is 11.7 Å². The number of rotatable bonds is 8. The summed E-state index contributed by atoms with van der Waals surface area (Å²) in [6.07, 6.45) is 1.78. The molecule has 2 aromatic carbocycles. The number of methoxy groups -OCH3 is 1. The number of nitrogens with one attached hydrogen (secondary N) is 1. The van der Waals surface area contributed by atoms with Gasteiger partial charge in [0.15, 0.2) is 11.0 Å². The maximum atomic E-state index is 12.3. The number of aromatic nitrogens is 3. The van der Waals surface area contributed by atoms with Crippen molar-refractivity contribution in [1.29, 1.82) is 0 Å². The lowest BCUT2D eigenvalue weighted by molar-refractivity contribution is -0.113. The van der Waals surface area contributed by atoms with Crippen molar-refractivity contribution in [3.8, 4) is 17.1 Å². The Morgan fingerprint density at radius 2 is 2.07 bits per heavy atom. The minimum Gasteiger partial charge on any atom is -0.497 e. The number of thioether (sulfide) groups is 1. The summed E-state index contributed by atoms with van der Waals surface area (Å²) in [5, 5.41) is 12.1. The van der Waals surface area contributed by atoms with Crippen molar-refractivity contribution in [2.45, 2.75) is 11.7 Å². The van der Waals surface area contributed by atoms with Crippen LogP contribution in [0.3, 0.4) is 0 Å². The van der Waals surface area contributed by atoms with Gasteiger partial charge in [-0.15, -0.1) is 16.8 Å². The number of amides is 1. The summed E-state index contributed by atoms with van der Waals surface area (Å²) in [5.74, 6) is 1.61. The van der Waals surface area contributed by atoms with Gasteiger partial charge in [0.05, 0.1) is 12.9 Å². The van der Waals surface area contributed by atoms with Crippen LogP contribution in [-0.2, 0) is 11.3 Å². The molecule has 0 bridgehead atoms. The van der Waals surface area contributed by atoms with Crippen molar-refractivity contribution < 1.29 is 9.53 Å². The third kappa shape index (κ3) is 5.02. The van der Waals surface area contributed by atoms with Crippen molar-refractivity contribution in [2.24, 2.45) is 0 Å². The van der Waals surface area contributed by atoms with E-state index in [9.17, 15) is 4.79 Å². The Hall–Kier alpha value is -2.58. The average molecular weight is 459 g/mol. The molecule has 0 atom stereocenters. The van der Waals surface area contributed by atoms with E-state index < -0.39 is 0 Å². The van der Waals surface area contributed by atoms with Crippen LogP contribution in [0.4, 0.5) is 5.69 Å². The van der Waals surface area contributed by atoms with Crippen LogP contribution in [0.5, 0.6) is 5.75 Å². The summed E-state index contributed by atoms with van der Waals surface area (Å²) in [5.41, 5.74) is 1.66. The molecule has 0 fully saturated rings. The molecule has 3 rings (SSSR count). The highest BCUT2D eigenvalue weighted by Crippen LogP contribution is 2.26. The van der Waals surface area contributed by atoms with Gasteiger partial charge in [-0.3, -0.25) is 9.36 Å². The molecule has 0 radical (unpaired) electrons. The van der Waals surface area contributed by atoms with Gasteiger partial charge in [0.1, 0.15) is 5.75 Å². The fourth-order valence-corrected chi connectivity index (χ4v) is 3.68. The fraction of sp³-hybridized carbons (Fsp3) is 0.150. The highest BCUT2D eigenvalue weighted by atomic mass is 79.9. The molecule has 28 heavy (non-hydrogen) atoms. The second-order valence-electron chi connectivity index (χ2n) is 5.78. The molecule has 1 amide bonds. The highest BCUT2D eigenvalue weighted by Gasteiger charge is 2.15. The maximum Gasteiger partial charge on any atom is 0.234 e. The van der Waals surface area contributed by atoms with Crippen LogP contribution >= 0.6 is 27.7 Å². The van der Waals surface area contributed by atoms with Crippen LogP contribution in [0.25, 0.3) is 11.4 Å². The van der Waals surface area contributed by atoms with Crippen LogP contribution < -0.4 is 10.1 Å². The second kappa shape index (κ2) is 9.57. The first-order chi connectivity index (χ1) is 13.6. The average Bonchev–Trinajstić information content (AvgIpc) is 3.09. The van der Waals surface area contributed by atoms with E-state index in [1.165, 1.54) is 11.8 Å². The summed E-state index contributed by atoms with van der Waals surface area (Å²) < 4.78 is 8.04. The van der Waals surface area contributed by atoms with Crippen molar-refractivity contribution in [3.05, 3.63) is 65.7 Å². The van der Waals surface area contributed by atoms with Gasteiger partial charge in [-0.25, -0.2) is 0 Å². The third-order valence-corrected chi connectivity index (χ3v) is 5.28. The number of hydrogen-bond acceptors (Lipinski definition) is 5. The lowest BCUT2D eigenvalue weighted by Gasteiger charge is -2.09. The predicted molar refractivity (Wildman–Crippen MR) is 116 cm³/mol. The number of ether oxygens (including phenoxy) is 1. The predicted octanol–water partition coefficient (Wildman–Crippen LogP) is 4.63. The molecule has 8 heteroatoms. The summed E-state index contributed by atoms with van der Waals surface area (Å²) in [6, 6.07) is 15.1. The number of benzene rings is 2. The minimum atomic E-state index is -0.109. The van der Waals surface area contributed by atoms with E-state index >= 15 is 0 Å². The molecule has 0 aliphatic heterocycles. The van der Waals surface area contributed by atoms with Crippen molar-refractivity contribution in [1.82, 2.24) is 14.8 Å². The molecule has 6 nitrogen and oxygen atoms in total. The van der Waals surface area contributed by atoms with E-state index in [0.717, 1.165) is 27.3 Å². The highest BCUT2D eigenvalue weighted by molar-refractivity contribution is 9.10. The van der Waals surface area contributed by atoms with Crippen LogP contribution in [0.1, 0.15) is 0 Å². The first kappa shape index (κ1) is 20.2. The lowest BCUT2D eigenvalue weighted by Crippen LogP contribution is -2.14. The van der Waals surface area contributed by atoms with Gasteiger partial charge in [-0.2, -0.15) is 0 Å². The SMILES string of the molecule is C=CCn1c(SCC(=O)Nc2cccc(Br)c2)nnc1-c1ccc(OC)cc1. The Morgan fingerprint density at radius 1 is 1.29 bits per heavy atom. The van der Waals surface area contributed by atoms with Crippen LogP contribution in [0.15, 0.2) is 70.8 Å². The second-order valence-corrected chi connectivity index (χ2v) is 7.64. The number of hydrogen-bond donors (Lipinski definition) is 1. The molecule has 1 N–H and O–H groups in total. The van der Waals surface area contributed by atoms with E-state index in [1.54, 1.807) is 13.2 Å². The zero-order valence-corrected chi connectivity index (χ0v) is 17.7. The molecule has 0 aliphatic carbocycles. The summed E-state index contributed by atoms with van der Waals surface area (Å²) in [4.78, 5) is 12.3. The fourth-order valence-electron chi connectivity index (χ4n) is 2.54. The standard InChI is InChI=1S/C20H19BrN4O2S/c1-3-11-25-19(14-7-9-17(27-2)10-8-14)23-24-20(25)28-13-18(26)22-16-6-4-5-15(21)12-16/h3-10,12H,1,11,13H2,2H3,(H,22,26). The van der Waals surface area contributed by atoms with E-state index in [2.05, 4.69) is 38.0 Å². The normalized spacial score (nSPS) is 10.5. The zero-order valence-electron chi connectivity index (χ0n) is 15.3. The van der Waals surface area contributed by atoms with E-state index in [1.807, 2.05) is 53.1 Å². The van der Waals surface area contributed by atoms with E-state index in [-0.39, 0.29) is 11.7 Å². The van der Waals surface area contributed by atoms with Gasteiger partial charge in [0, 0.05) is 22.3 Å². The first-order valence-electron chi connectivity index (χ1n) is 8.47. The van der Waals surface area contributed by atoms with Gasteiger partial charge < -0.3 is 10.1 Å². The van der Waals surface area contributed by atoms with Gasteiger partial charge in [0.2, 0.25) is 5.91 Å². The quantitative estimate of drug-likeness (QED) is 0.393. The number of halogens is 1. The zero-order chi connectivity index (χ0) is 19.9. The molecule has 0 saturated heterocycles. The third-order valence-electron chi connectivity index (χ3n) is 3.82. The topological polar surface area (TPSA) is 69.0 Å². The number of allylic oxidation sites excluding steroid dienone is 1. The largest absolute Gasteiger partial charge is 0.497 e. The summed E-state index contributed by atoms with van der Waals surface area (Å²) >= 11 is 4.73. The molecule has 1 aromatic heterocycles. The lowest BCUT2D eigenvalue weighted by atomic mass is 10.2. The molecule has 144 valence electrons. The number of carbonyl (C=O) groups is 1. The number of carbonyl (C=O) groups excluding carboxylic acids is 1. The Labute approximate surface area is 176 Å². The van der Waals surface area contributed by atoms with Gasteiger partial charge in [-0.1, -0.05) is 39.8 Å². The van der Waals surface area contributed by atoms with Crippen LogP contribution in [-0.4, -0.2) is 33.5 Å². The Balaban J connectivity index is 1.72. The Kier molecular flexibility index (Phi) is 6.89.